The normalized spacial score (nSPS) is 28.2. The molecule has 3 heterocycles. The van der Waals surface area contributed by atoms with Crippen molar-refractivity contribution in [3.05, 3.63) is 46.9 Å². The van der Waals surface area contributed by atoms with E-state index in [1.165, 1.54) is 6.42 Å². The van der Waals surface area contributed by atoms with E-state index in [2.05, 4.69) is 39.2 Å². The van der Waals surface area contributed by atoms with E-state index in [1.54, 1.807) is 0 Å². The maximum Gasteiger partial charge on any atom is 0.323 e. The molecule has 0 radical (unpaired) electrons. The van der Waals surface area contributed by atoms with Crippen LogP contribution in [0.4, 0.5) is 0 Å². The largest absolute Gasteiger partial charge is 0.486 e. The zero-order valence-corrected chi connectivity index (χ0v) is 13.9. The Bertz CT molecular complexity index is 910. The Kier molecular flexibility index (Phi) is 3.45. The predicted octanol–water partition coefficient (Wildman–Crippen LogP) is 2.06. The minimum absolute atomic E-state index is 0.0313. The molecule has 6 nitrogen and oxygen atoms in total. The second-order valence-corrected chi connectivity index (χ2v) is 7.09. The number of rotatable bonds is 2. The number of aromatic nitrogens is 2. The van der Waals surface area contributed by atoms with Crippen molar-refractivity contribution in [2.75, 3.05) is 26.2 Å². The molecule has 1 aromatic carbocycles. The molecular formula is C19H21N3O3. The van der Waals surface area contributed by atoms with Gasteiger partial charge in [-0.25, -0.2) is 4.79 Å². The second-order valence-electron chi connectivity index (χ2n) is 7.09. The molecule has 25 heavy (non-hydrogen) atoms. The molecule has 130 valence electrons. The SMILES string of the molecule is O=c1[nH]c2ccc3c(c2[nH]1)OC(CN1CCC2C=CC=CC2C1)CO3. The van der Waals surface area contributed by atoms with E-state index in [0.29, 0.717) is 35.5 Å². The third kappa shape index (κ3) is 2.66. The molecule has 3 unspecified atom stereocenters. The summed E-state index contributed by atoms with van der Waals surface area (Å²) in [5.74, 6) is 2.61. The van der Waals surface area contributed by atoms with E-state index in [9.17, 15) is 4.79 Å². The molecule has 1 fully saturated rings. The number of aromatic amines is 2. The molecule has 0 saturated carbocycles. The number of piperidine rings is 1. The molecule has 6 heteroatoms. The van der Waals surface area contributed by atoms with Gasteiger partial charge in [-0.2, -0.15) is 0 Å². The zero-order valence-electron chi connectivity index (χ0n) is 13.9. The molecule has 0 bridgehead atoms. The van der Waals surface area contributed by atoms with Crippen LogP contribution in [0.5, 0.6) is 11.5 Å². The highest BCUT2D eigenvalue weighted by molar-refractivity contribution is 5.84. The van der Waals surface area contributed by atoms with Gasteiger partial charge in [0.25, 0.3) is 0 Å². The van der Waals surface area contributed by atoms with Crippen LogP contribution in [0.15, 0.2) is 41.2 Å². The number of nitrogens with zero attached hydrogens (tertiary/aromatic N) is 1. The van der Waals surface area contributed by atoms with Crippen molar-refractivity contribution in [1.82, 2.24) is 14.9 Å². The molecule has 1 aliphatic carbocycles. The highest BCUT2D eigenvalue weighted by Crippen LogP contribution is 2.37. The number of hydrogen-bond acceptors (Lipinski definition) is 4. The summed E-state index contributed by atoms with van der Waals surface area (Å²) in [6.07, 6.45) is 10.1. The number of allylic oxidation sites excluding steroid dienone is 3. The van der Waals surface area contributed by atoms with Crippen molar-refractivity contribution < 1.29 is 9.47 Å². The van der Waals surface area contributed by atoms with Crippen molar-refractivity contribution in [3.63, 3.8) is 0 Å². The van der Waals surface area contributed by atoms with Crippen molar-refractivity contribution in [2.45, 2.75) is 12.5 Å². The highest BCUT2D eigenvalue weighted by atomic mass is 16.6. The quantitative estimate of drug-likeness (QED) is 0.879. The molecule has 3 aliphatic rings. The van der Waals surface area contributed by atoms with Gasteiger partial charge in [0.2, 0.25) is 0 Å². The second kappa shape index (κ2) is 5.81. The fraction of sp³-hybridized carbons (Fsp3) is 0.421. The van der Waals surface area contributed by atoms with Gasteiger partial charge < -0.3 is 19.4 Å². The lowest BCUT2D eigenvalue weighted by Crippen LogP contribution is -2.46. The minimum Gasteiger partial charge on any atom is -0.486 e. The molecule has 2 N–H and O–H groups in total. The number of imidazole rings is 1. The first-order chi connectivity index (χ1) is 12.3. The summed E-state index contributed by atoms with van der Waals surface area (Å²) in [5.41, 5.74) is 1.20. The van der Waals surface area contributed by atoms with Crippen LogP contribution in [0.1, 0.15) is 6.42 Å². The summed E-state index contributed by atoms with van der Waals surface area (Å²) in [6.45, 7) is 3.51. The lowest BCUT2D eigenvalue weighted by molar-refractivity contribution is 0.0446. The molecule has 2 aromatic rings. The lowest BCUT2D eigenvalue weighted by atomic mass is 9.82. The highest BCUT2D eigenvalue weighted by Gasteiger charge is 2.31. The predicted molar refractivity (Wildman–Crippen MR) is 95.1 cm³/mol. The fourth-order valence-corrected chi connectivity index (χ4v) is 4.14. The zero-order chi connectivity index (χ0) is 16.8. The Morgan fingerprint density at radius 1 is 1.16 bits per heavy atom. The van der Waals surface area contributed by atoms with Crippen molar-refractivity contribution in [3.8, 4) is 11.5 Å². The number of fused-ring (bicyclic) bond motifs is 4. The number of likely N-dealkylation sites (tertiary alicyclic amines) is 1. The Morgan fingerprint density at radius 3 is 2.96 bits per heavy atom. The Balaban J connectivity index is 1.32. The first-order valence-electron chi connectivity index (χ1n) is 8.88. The van der Waals surface area contributed by atoms with Crippen LogP contribution in [0.3, 0.4) is 0 Å². The maximum absolute atomic E-state index is 11.6. The Hall–Kier alpha value is -2.47. The van der Waals surface area contributed by atoms with Crippen LogP contribution in [-0.2, 0) is 0 Å². The van der Waals surface area contributed by atoms with Gasteiger partial charge in [-0.3, -0.25) is 4.90 Å². The molecule has 1 saturated heterocycles. The average Bonchev–Trinajstić information content (AvgIpc) is 3.02. The third-order valence-electron chi connectivity index (χ3n) is 5.40. The van der Waals surface area contributed by atoms with Crippen molar-refractivity contribution >= 4 is 11.0 Å². The molecule has 3 atom stereocenters. The Morgan fingerprint density at radius 2 is 2.04 bits per heavy atom. The topological polar surface area (TPSA) is 70.3 Å². The summed E-state index contributed by atoms with van der Waals surface area (Å²) in [6, 6.07) is 3.69. The molecule has 1 aromatic heterocycles. The summed E-state index contributed by atoms with van der Waals surface area (Å²) >= 11 is 0. The van der Waals surface area contributed by atoms with Gasteiger partial charge in [-0.15, -0.1) is 0 Å². The van der Waals surface area contributed by atoms with E-state index < -0.39 is 0 Å². The molecule has 2 aliphatic heterocycles. The van der Waals surface area contributed by atoms with Gasteiger partial charge in [0.05, 0.1) is 5.52 Å². The molecule has 0 spiro atoms. The number of nitrogens with one attached hydrogen (secondary N) is 2. The monoisotopic (exact) mass is 339 g/mol. The van der Waals surface area contributed by atoms with Gasteiger partial charge in [0.1, 0.15) is 18.2 Å². The molecular weight excluding hydrogens is 318 g/mol. The Labute approximate surface area is 145 Å². The fourth-order valence-electron chi connectivity index (χ4n) is 4.14. The van der Waals surface area contributed by atoms with Gasteiger partial charge in [0.15, 0.2) is 11.5 Å². The van der Waals surface area contributed by atoms with Crippen molar-refractivity contribution in [1.29, 1.82) is 0 Å². The summed E-state index contributed by atoms with van der Waals surface area (Å²) in [4.78, 5) is 19.6. The average molecular weight is 339 g/mol. The summed E-state index contributed by atoms with van der Waals surface area (Å²) < 4.78 is 12.1. The van der Waals surface area contributed by atoms with Crippen molar-refractivity contribution in [2.24, 2.45) is 11.8 Å². The smallest absolute Gasteiger partial charge is 0.323 e. The maximum atomic E-state index is 11.6. The van der Waals surface area contributed by atoms with Crippen LogP contribution in [-0.4, -0.2) is 47.2 Å². The van der Waals surface area contributed by atoms with Gasteiger partial charge >= 0.3 is 5.69 Å². The van der Waals surface area contributed by atoms with E-state index in [0.717, 1.165) is 25.2 Å². The molecule has 5 rings (SSSR count). The van der Waals surface area contributed by atoms with E-state index >= 15 is 0 Å². The number of H-pyrrole nitrogens is 2. The van der Waals surface area contributed by atoms with Gasteiger partial charge in [0, 0.05) is 13.1 Å². The minimum atomic E-state index is -0.228. The number of benzene rings is 1. The number of hydrogen-bond donors (Lipinski definition) is 2. The van der Waals surface area contributed by atoms with E-state index in [-0.39, 0.29) is 11.8 Å². The van der Waals surface area contributed by atoms with Crippen LogP contribution >= 0.6 is 0 Å². The van der Waals surface area contributed by atoms with Crippen LogP contribution in [0.2, 0.25) is 0 Å². The third-order valence-corrected chi connectivity index (χ3v) is 5.40. The summed E-state index contributed by atoms with van der Waals surface area (Å²) in [7, 11) is 0. The summed E-state index contributed by atoms with van der Waals surface area (Å²) in [5, 5.41) is 0. The standard InChI is InChI=1S/C19H21N3O3/c23-19-20-15-5-6-16-18(17(15)21-19)25-14(11-24-16)10-22-8-7-12-3-1-2-4-13(12)9-22/h1-6,12-14H,7-11H2,(H2,20,21,23). The van der Waals surface area contributed by atoms with Crippen LogP contribution < -0.4 is 15.2 Å². The first-order valence-corrected chi connectivity index (χ1v) is 8.88. The van der Waals surface area contributed by atoms with Crippen LogP contribution in [0.25, 0.3) is 11.0 Å². The van der Waals surface area contributed by atoms with Gasteiger partial charge in [-0.05, 0) is 36.9 Å². The lowest BCUT2D eigenvalue weighted by Gasteiger charge is -2.39. The van der Waals surface area contributed by atoms with Gasteiger partial charge in [-0.1, -0.05) is 24.3 Å². The molecule has 0 amide bonds. The number of ether oxygens (including phenoxy) is 2. The van der Waals surface area contributed by atoms with E-state index in [4.69, 9.17) is 9.47 Å². The first kappa shape index (κ1) is 14.8. The van der Waals surface area contributed by atoms with E-state index in [1.807, 2.05) is 12.1 Å². The van der Waals surface area contributed by atoms with Crippen LogP contribution in [0, 0.1) is 11.8 Å².